The largest absolute Gasteiger partial charge is 0.497 e. The zero-order chi connectivity index (χ0) is 21.5. The number of amides is 2. The van der Waals surface area contributed by atoms with Gasteiger partial charge in [0.05, 0.1) is 20.6 Å². The van der Waals surface area contributed by atoms with Crippen molar-refractivity contribution in [1.29, 1.82) is 0 Å². The summed E-state index contributed by atoms with van der Waals surface area (Å²) < 4.78 is 16.1. The van der Waals surface area contributed by atoms with E-state index < -0.39 is 0 Å². The van der Waals surface area contributed by atoms with Crippen LogP contribution in [0.1, 0.15) is 5.56 Å². The number of hydrogen-bond acceptors (Lipinski definition) is 5. The molecule has 1 aliphatic rings. The molecule has 160 valence electrons. The van der Waals surface area contributed by atoms with E-state index in [1.165, 1.54) is 0 Å². The summed E-state index contributed by atoms with van der Waals surface area (Å²) in [6.07, 6.45) is 0.237. The maximum absolute atomic E-state index is 12.7. The third-order valence-electron chi connectivity index (χ3n) is 5.00. The van der Waals surface area contributed by atoms with Gasteiger partial charge in [0.15, 0.2) is 6.61 Å². The second kappa shape index (κ2) is 10.2. The van der Waals surface area contributed by atoms with Crippen LogP contribution < -0.4 is 14.2 Å². The molecule has 1 fully saturated rings. The van der Waals surface area contributed by atoms with Crippen LogP contribution >= 0.6 is 11.6 Å². The third-order valence-corrected chi connectivity index (χ3v) is 5.25. The molecule has 0 unspecified atom stereocenters. The molecular weight excluding hydrogens is 408 g/mol. The van der Waals surface area contributed by atoms with E-state index in [4.69, 9.17) is 25.8 Å². The first-order valence-corrected chi connectivity index (χ1v) is 10.0. The van der Waals surface area contributed by atoms with Crippen molar-refractivity contribution in [1.82, 2.24) is 9.80 Å². The van der Waals surface area contributed by atoms with E-state index in [2.05, 4.69) is 0 Å². The molecule has 8 heteroatoms. The third kappa shape index (κ3) is 5.57. The molecular formula is C22H25ClN2O5. The molecule has 1 saturated heterocycles. The van der Waals surface area contributed by atoms with Crippen LogP contribution in [0, 0.1) is 0 Å². The minimum absolute atomic E-state index is 0.00276. The van der Waals surface area contributed by atoms with Crippen LogP contribution in [0.25, 0.3) is 0 Å². The number of methoxy groups -OCH3 is 2. The SMILES string of the molecule is COc1ccc(CC(=O)N2CCN(C(=O)COc3ccc(Cl)cc3)CC2)c(OC)c1. The fraction of sp³-hybridized carbons (Fsp3) is 0.364. The van der Waals surface area contributed by atoms with Gasteiger partial charge < -0.3 is 24.0 Å². The summed E-state index contributed by atoms with van der Waals surface area (Å²) in [6.45, 7) is 1.90. The molecule has 2 amide bonds. The lowest BCUT2D eigenvalue weighted by Gasteiger charge is -2.34. The van der Waals surface area contributed by atoms with E-state index in [0.29, 0.717) is 48.5 Å². The van der Waals surface area contributed by atoms with Crippen LogP contribution in [0.15, 0.2) is 42.5 Å². The highest BCUT2D eigenvalue weighted by molar-refractivity contribution is 6.30. The molecule has 1 heterocycles. The topological polar surface area (TPSA) is 68.3 Å². The van der Waals surface area contributed by atoms with E-state index in [-0.39, 0.29) is 24.8 Å². The Morgan fingerprint density at radius 1 is 0.867 bits per heavy atom. The van der Waals surface area contributed by atoms with Crippen molar-refractivity contribution >= 4 is 23.4 Å². The average Bonchev–Trinajstić information content (AvgIpc) is 2.78. The van der Waals surface area contributed by atoms with Crippen molar-refractivity contribution in [3.8, 4) is 17.2 Å². The Bertz CT molecular complexity index is 880. The van der Waals surface area contributed by atoms with Crippen LogP contribution in [0.5, 0.6) is 17.2 Å². The van der Waals surface area contributed by atoms with E-state index in [1.807, 2.05) is 12.1 Å². The molecule has 2 aromatic rings. The normalized spacial score (nSPS) is 13.7. The summed E-state index contributed by atoms with van der Waals surface area (Å²) in [5, 5.41) is 0.613. The molecule has 0 spiro atoms. The van der Waals surface area contributed by atoms with Crippen LogP contribution in [-0.4, -0.2) is 68.6 Å². The Morgan fingerprint density at radius 2 is 1.47 bits per heavy atom. The van der Waals surface area contributed by atoms with Gasteiger partial charge in [0.25, 0.3) is 5.91 Å². The van der Waals surface area contributed by atoms with E-state index in [1.54, 1.807) is 54.4 Å². The number of carbonyl (C=O) groups is 2. The lowest BCUT2D eigenvalue weighted by molar-refractivity contribution is -0.140. The zero-order valence-electron chi connectivity index (χ0n) is 17.1. The molecule has 0 saturated carbocycles. The van der Waals surface area contributed by atoms with E-state index in [9.17, 15) is 9.59 Å². The van der Waals surface area contributed by atoms with Gasteiger partial charge in [-0.1, -0.05) is 17.7 Å². The number of hydrogen-bond donors (Lipinski definition) is 0. The van der Waals surface area contributed by atoms with Crippen molar-refractivity contribution in [3.05, 3.63) is 53.1 Å². The smallest absolute Gasteiger partial charge is 0.260 e. The molecule has 7 nitrogen and oxygen atoms in total. The summed E-state index contributed by atoms with van der Waals surface area (Å²) in [5.41, 5.74) is 0.804. The number of ether oxygens (including phenoxy) is 3. The first kappa shape index (κ1) is 21.8. The van der Waals surface area contributed by atoms with Gasteiger partial charge in [-0.15, -0.1) is 0 Å². The Balaban J connectivity index is 1.48. The summed E-state index contributed by atoms with van der Waals surface area (Å²) in [5.74, 6) is 1.79. The predicted molar refractivity (Wildman–Crippen MR) is 113 cm³/mol. The monoisotopic (exact) mass is 432 g/mol. The van der Waals surface area contributed by atoms with Crippen LogP contribution in [0.4, 0.5) is 0 Å². The van der Waals surface area contributed by atoms with Gasteiger partial charge in [-0.05, 0) is 30.3 Å². The molecule has 0 aliphatic carbocycles. The van der Waals surface area contributed by atoms with Gasteiger partial charge >= 0.3 is 0 Å². The van der Waals surface area contributed by atoms with Gasteiger partial charge in [0.2, 0.25) is 5.91 Å². The lowest BCUT2D eigenvalue weighted by atomic mass is 10.1. The number of piperazine rings is 1. The molecule has 0 bridgehead atoms. The lowest BCUT2D eigenvalue weighted by Crippen LogP contribution is -2.52. The van der Waals surface area contributed by atoms with Crippen molar-refractivity contribution in [2.75, 3.05) is 47.0 Å². The van der Waals surface area contributed by atoms with Crippen LogP contribution in [0.3, 0.4) is 0 Å². The van der Waals surface area contributed by atoms with Gasteiger partial charge in [-0.3, -0.25) is 9.59 Å². The Labute approximate surface area is 181 Å². The van der Waals surface area contributed by atoms with Gasteiger partial charge in [0, 0.05) is 42.8 Å². The first-order chi connectivity index (χ1) is 14.5. The summed E-state index contributed by atoms with van der Waals surface area (Å²) >= 11 is 5.84. The van der Waals surface area contributed by atoms with Crippen LogP contribution in [0.2, 0.25) is 5.02 Å². The minimum atomic E-state index is -0.103. The number of nitrogens with zero attached hydrogens (tertiary/aromatic N) is 2. The Morgan fingerprint density at radius 3 is 2.07 bits per heavy atom. The Hall–Kier alpha value is -2.93. The predicted octanol–water partition coefficient (Wildman–Crippen LogP) is 2.65. The Kier molecular flexibility index (Phi) is 7.41. The van der Waals surface area contributed by atoms with Crippen molar-refractivity contribution in [2.45, 2.75) is 6.42 Å². The molecule has 0 aromatic heterocycles. The van der Waals surface area contributed by atoms with E-state index >= 15 is 0 Å². The molecule has 2 aromatic carbocycles. The quantitative estimate of drug-likeness (QED) is 0.672. The standard InChI is InChI=1S/C22H25ClN2O5/c1-28-19-6-3-16(20(14-19)29-2)13-21(26)24-9-11-25(12-10-24)22(27)15-30-18-7-4-17(23)5-8-18/h3-8,14H,9-13,15H2,1-2H3. The minimum Gasteiger partial charge on any atom is -0.497 e. The fourth-order valence-electron chi connectivity index (χ4n) is 3.25. The molecule has 1 aliphatic heterocycles. The van der Waals surface area contributed by atoms with Gasteiger partial charge in [-0.25, -0.2) is 0 Å². The zero-order valence-corrected chi connectivity index (χ0v) is 17.9. The van der Waals surface area contributed by atoms with Gasteiger partial charge in [-0.2, -0.15) is 0 Å². The van der Waals surface area contributed by atoms with Crippen molar-refractivity contribution in [3.63, 3.8) is 0 Å². The molecule has 30 heavy (non-hydrogen) atoms. The number of carbonyl (C=O) groups excluding carboxylic acids is 2. The fourth-order valence-corrected chi connectivity index (χ4v) is 3.37. The molecule has 0 atom stereocenters. The second-order valence-corrected chi connectivity index (χ2v) is 7.30. The molecule has 3 rings (SSSR count). The van der Waals surface area contributed by atoms with Crippen molar-refractivity contribution in [2.24, 2.45) is 0 Å². The maximum atomic E-state index is 12.7. The summed E-state index contributed by atoms with van der Waals surface area (Å²) in [7, 11) is 3.15. The summed E-state index contributed by atoms with van der Waals surface area (Å²) in [6, 6.07) is 12.3. The highest BCUT2D eigenvalue weighted by Gasteiger charge is 2.25. The average molecular weight is 433 g/mol. The van der Waals surface area contributed by atoms with E-state index in [0.717, 1.165) is 5.56 Å². The summed E-state index contributed by atoms with van der Waals surface area (Å²) in [4.78, 5) is 28.6. The number of benzene rings is 2. The van der Waals surface area contributed by atoms with Crippen LogP contribution in [-0.2, 0) is 16.0 Å². The molecule has 0 radical (unpaired) electrons. The van der Waals surface area contributed by atoms with Crippen molar-refractivity contribution < 1.29 is 23.8 Å². The first-order valence-electron chi connectivity index (χ1n) is 9.65. The maximum Gasteiger partial charge on any atom is 0.260 e. The highest BCUT2D eigenvalue weighted by atomic mass is 35.5. The molecule has 0 N–H and O–H groups in total. The highest BCUT2D eigenvalue weighted by Crippen LogP contribution is 2.25. The second-order valence-electron chi connectivity index (χ2n) is 6.86. The number of rotatable bonds is 7. The number of halogens is 1. The van der Waals surface area contributed by atoms with Gasteiger partial charge in [0.1, 0.15) is 17.2 Å².